The number of rotatable bonds is 11. The van der Waals surface area contributed by atoms with E-state index in [-0.39, 0.29) is 46.6 Å². The number of carbonyl (C=O) groups is 2. The Morgan fingerprint density at radius 1 is 1.12 bits per heavy atom. The molecule has 4 aromatic rings. The highest BCUT2D eigenvalue weighted by Gasteiger charge is 2.34. The fraction of sp³-hybridized carbons (Fsp3) is 0.406. The Labute approximate surface area is 277 Å². The standard InChI is InChI=1S/C32H35F3N6O6S/c1-4-36-31(44)40-27-12-21(30-39-26(17-48-30)32(33,34)35)23(13-37-27)18-5-6-25-22(11-18)28(42)24(14-41(25)20(15-45-2)16-46-3)29(43)38-19-7-9-47-10-8-19/h5-6,11-14,17,19-20H,4,7-10,15-16H2,1-3H3,(H,38,43)(H2,36,37,40,44). The van der Waals surface area contributed by atoms with Gasteiger partial charge in [0.1, 0.15) is 16.4 Å². The number of alkyl halides is 3. The Balaban J connectivity index is 1.67. The second kappa shape index (κ2) is 15.2. The van der Waals surface area contributed by atoms with Crippen molar-refractivity contribution >= 4 is 40.0 Å². The number of nitrogens with one attached hydrogen (secondary N) is 3. The van der Waals surface area contributed by atoms with Gasteiger partial charge in [0.15, 0.2) is 5.69 Å². The maximum atomic E-state index is 14.0. The number of hydrogen-bond acceptors (Lipinski definition) is 9. The number of nitrogens with zero attached hydrogens (tertiary/aromatic N) is 3. The van der Waals surface area contributed by atoms with Gasteiger partial charge in [-0.2, -0.15) is 13.2 Å². The summed E-state index contributed by atoms with van der Waals surface area (Å²) in [5, 5.41) is 9.22. The van der Waals surface area contributed by atoms with Gasteiger partial charge in [0.25, 0.3) is 5.91 Å². The van der Waals surface area contributed by atoms with Crippen LogP contribution in [0.25, 0.3) is 32.6 Å². The molecule has 1 aliphatic rings. The van der Waals surface area contributed by atoms with Crippen molar-refractivity contribution in [3.8, 4) is 21.7 Å². The summed E-state index contributed by atoms with van der Waals surface area (Å²) in [6.07, 6.45) is -0.542. The zero-order chi connectivity index (χ0) is 34.4. The second-order valence-corrected chi connectivity index (χ2v) is 11.9. The van der Waals surface area contributed by atoms with Crippen LogP contribution >= 0.6 is 11.3 Å². The van der Waals surface area contributed by atoms with E-state index in [1.54, 1.807) is 29.7 Å². The summed E-state index contributed by atoms with van der Waals surface area (Å²) in [6, 6.07) is 5.29. The van der Waals surface area contributed by atoms with Crippen molar-refractivity contribution in [2.45, 2.75) is 38.0 Å². The summed E-state index contributed by atoms with van der Waals surface area (Å²) in [6.45, 7) is 3.51. The summed E-state index contributed by atoms with van der Waals surface area (Å²) in [5.41, 5.74) is -0.150. The number of fused-ring (bicyclic) bond motifs is 1. The predicted octanol–water partition coefficient (Wildman–Crippen LogP) is 5.09. The van der Waals surface area contributed by atoms with Gasteiger partial charge in [0, 0.05) is 74.3 Å². The van der Waals surface area contributed by atoms with E-state index in [0.717, 1.165) is 16.7 Å². The Morgan fingerprint density at radius 3 is 2.50 bits per heavy atom. The van der Waals surface area contributed by atoms with Crippen molar-refractivity contribution in [1.29, 1.82) is 0 Å². The lowest BCUT2D eigenvalue weighted by Crippen LogP contribution is -2.41. The van der Waals surface area contributed by atoms with Gasteiger partial charge in [-0.1, -0.05) is 6.07 Å². The Bertz CT molecular complexity index is 1830. The third kappa shape index (κ3) is 7.84. The van der Waals surface area contributed by atoms with Gasteiger partial charge in [-0.3, -0.25) is 14.9 Å². The minimum Gasteiger partial charge on any atom is -0.382 e. The largest absolute Gasteiger partial charge is 0.434 e. The van der Waals surface area contributed by atoms with Gasteiger partial charge in [0.05, 0.1) is 24.8 Å². The number of amides is 3. The third-order valence-corrected chi connectivity index (χ3v) is 8.64. The topological polar surface area (TPSA) is 146 Å². The van der Waals surface area contributed by atoms with Crippen molar-refractivity contribution < 1.29 is 37.0 Å². The summed E-state index contributed by atoms with van der Waals surface area (Å²) in [7, 11) is 3.07. The summed E-state index contributed by atoms with van der Waals surface area (Å²) >= 11 is 0.780. The van der Waals surface area contributed by atoms with Gasteiger partial charge < -0.3 is 29.4 Å². The molecule has 0 spiro atoms. The molecule has 3 N–H and O–H groups in total. The first-order chi connectivity index (χ1) is 23.0. The zero-order valence-corrected chi connectivity index (χ0v) is 27.3. The van der Waals surface area contributed by atoms with E-state index in [0.29, 0.717) is 49.2 Å². The molecule has 0 unspecified atom stereocenters. The van der Waals surface area contributed by atoms with Gasteiger partial charge >= 0.3 is 12.2 Å². The first-order valence-electron chi connectivity index (χ1n) is 15.2. The number of carbonyl (C=O) groups excluding carboxylic acids is 2. The van der Waals surface area contributed by atoms with Crippen LogP contribution in [0.3, 0.4) is 0 Å². The molecule has 16 heteroatoms. The summed E-state index contributed by atoms with van der Waals surface area (Å²) in [4.78, 5) is 47.9. The van der Waals surface area contributed by atoms with Crippen molar-refractivity contribution in [2.24, 2.45) is 0 Å². The number of hydrogen-bond donors (Lipinski definition) is 3. The molecule has 4 heterocycles. The molecule has 3 amide bonds. The number of benzene rings is 1. The quantitative estimate of drug-likeness (QED) is 0.198. The zero-order valence-electron chi connectivity index (χ0n) is 26.5. The molecule has 48 heavy (non-hydrogen) atoms. The first kappa shape index (κ1) is 34.9. The van der Waals surface area contributed by atoms with Crippen molar-refractivity contribution in [2.75, 3.05) is 52.5 Å². The minimum atomic E-state index is -4.67. The summed E-state index contributed by atoms with van der Waals surface area (Å²) in [5.74, 6) is -0.451. The number of methoxy groups -OCH3 is 2. The monoisotopic (exact) mass is 688 g/mol. The van der Waals surface area contributed by atoms with Crippen LogP contribution in [0.5, 0.6) is 0 Å². The molecule has 1 aliphatic heterocycles. The van der Waals surface area contributed by atoms with Crippen LogP contribution in [0.2, 0.25) is 0 Å². The van der Waals surface area contributed by atoms with Gasteiger partial charge in [0.2, 0.25) is 5.43 Å². The second-order valence-electron chi connectivity index (χ2n) is 11.1. The van der Waals surface area contributed by atoms with E-state index in [9.17, 15) is 27.6 Å². The normalized spacial score (nSPS) is 14.0. The van der Waals surface area contributed by atoms with Crippen LogP contribution in [0.1, 0.15) is 41.9 Å². The van der Waals surface area contributed by atoms with Gasteiger partial charge in [-0.15, -0.1) is 11.3 Å². The molecule has 1 fully saturated rings. The highest BCUT2D eigenvalue weighted by molar-refractivity contribution is 7.13. The van der Waals surface area contributed by atoms with E-state index >= 15 is 0 Å². The average molecular weight is 689 g/mol. The lowest BCUT2D eigenvalue weighted by molar-refractivity contribution is -0.140. The van der Waals surface area contributed by atoms with E-state index < -0.39 is 35.3 Å². The number of halogens is 3. The van der Waals surface area contributed by atoms with Crippen LogP contribution < -0.4 is 21.4 Å². The molecule has 12 nitrogen and oxygen atoms in total. The molecule has 0 radical (unpaired) electrons. The molecule has 1 saturated heterocycles. The fourth-order valence-electron chi connectivity index (χ4n) is 5.46. The van der Waals surface area contributed by atoms with E-state index in [1.807, 2.05) is 0 Å². The van der Waals surface area contributed by atoms with E-state index in [2.05, 4.69) is 25.9 Å². The summed E-state index contributed by atoms with van der Waals surface area (Å²) < 4.78 is 58.6. The highest BCUT2D eigenvalue weighted by Crippen LogP contribution is 2.39. The number of anilines is 1. The molecule has 0 bridgehead atoms. The van der Waals surface area contributed by atoms with Crippen LogP contribution in [0, 0.1) is 0 Å². The smallest absolute Gasteiger partial charge is 0.382 e. The molecule has 1 aromatic carbocycles. The van der Waals surface area contributed by atoms with Crippen molar-refractivity contribution in [3.05, 3.63) is 63.5 Å². The van der Waals surface area contributed by atoms with E-state index in [4.69, 9.17) is 14.2 Å². The van der Waals surface area contributed by atoms with Crippen LogP contribution in [0.4, 0.5) is 23.8 Å². The van der Waals surface area contributed by atoms with Gasteiger partial charge in [-0.05, 0) is 43.5 Å². The Morgan fingerprint density at radius 2 is 1.85 bits per heavy atom. The number of urea groups is 1. The maximum Gasteiger partial charge on any atom is 0.434 e. The lowest BCUT2D eigenvalue weighted by atomic mass is 9.98. The molecular formula is C32H35F3N6O6S. The molecule has 256 valence electrons. The van der Waals surface area contributed by atoms with Crippen molar-refractivity contribution in [3.63, 3.8) is 0 Å². The number of aromatic nitrogens is 3. The fourth-order valence-corrected chi connectivity index (χ4v) is 6.32. The predicted molar refractivity (Wildman–Crippen MR) is 174 cm³/mol. The SMILES string of the molecule is CCNC(=O)Nc1cc(-c2nc(C(F)(F)F)cs2)c(-c2ccc3c(c2)c(=O)c(C(=O)NC2CCOCC2)cn3C(COC)COC)cn1. The van der Waals surface area contributed by atoms with Gasteiger partial charge in [-0.25, -0.2) is 14.8 Å². The van der Waals surface area contributed by atoms with E-state index in [1.165, 1.54) is 32.7 Å². The molecule has 0 saturated carbocycles. The highest BCUT2D eigenvalue weighted by atomic mass is 32.1. The molecule has 3 aromatic heterocycles. The van der Waals surface area contributed by atoms with Crippen molar-refractivity contribution in [1.82, 2.24) is 25.2 Å². The number of thiazole rings is 1. The number of ether oxygens (including phenoxy) is 3. The van der Waals surface area contributed by atoms with Crippen LogP contribution in [-0.2, 0) is 20.4 Å². The molecule has 0 aliphatic carbocycles. The Kier molecular flexibility index (Phi) is 11.1. The molecule has 0 atom stereocenters. The number of pyridine rings is 2. The third-order valence-electron chi connectivity index (χ3n) is 7.76. The average Bonchev–Trinajstić information content (AvgIpc) is 3.57. The molecule has 5 rings (SSSR count). The minimum absolute atomic E-state index is 0.0287. The first-order valence-corrected chi connectivity index (χ1v) is 16.1. The van der Waals surface area contributed by atoms with Crippen LogP contribution in [0.15, 0.2) is 46.8 Å². The maximum absolute atomic E-state index is 14.0. The van der Waals surface area contributed by atoms with Crippen LogP contribution in [-0.4, -0.2) is 79.7 Å². The Hall–Kier alpha value is -4.38. The lowest BCUT2D eigenvalue weighted by Gasteiger charge is -2.25. The molecular weight excluding hydrogens is 653 g/mol.